The zero-order valence-corrected chi connectivity index (χ0v) is 7.31. The van der Waals surface area contributed by atoms with Crippen molar-refractivity contribution in [2.24, 2.45) is 10.7 Å². The van der Waals surface area contributed by atoms with E-state index in [1.54, 1.807) is 6.92 Å². The lowest BCUT2D eigenvalue weighted by atomic mass is 10.4. The second-order valence-electron chi connectivity index (χ2n) is 2.43. The Balaban J connectivity index is 3.68. The molecule has 11 heavy (non-hydrogen) atoms. The van der Waals surface area contributed by atoms with E-state index in [2.05, 4.69) is 22.2 Å². The smallest absolute Gasteiger partial charge is 0.189 e. The number of nitrogens with two attached hydrogens (primary N) is 1. The summed E-state index contributed by atoms with van der Waals surface area (Å²) in [6, 6.07) is 0.327. The van der Waals surface area contributed by atoms with E-state index < -0.39 is 0 Å². The molecular formula is C8H15N3. The molecule has 0 aliphatic rings. The van der Waals surface area contributed by atoms with Crippen molar-refractivity contribution in [3.05, 3.63) is 0 Å². The summed E-state index contributed by atoms with van der Waals surface area (Å²) in [7, 11) is 0. The first-order valence-electron chi connectivity index (χ1n) is 3.63. The summed E-state index contributed by atoms with van der Waals surface area (Å²) in [5.41, 5.74) is 5.49. The summed E-state index contributed by atoms with van der Waals surface area (Å²) in [5.74, 6) is 5.99. The molecule has 0 fully saturated rings. The largest absolute Gasteiger partial charge is 0.370 e. The molecule has 0 aliphatic carbocycles. The first kappa shape index (κ1) is 9.83. The fourth-order valence-electron chi connectivity index (χ4n) is 0.545. The molecule has 62 valence electrons. The first-order chi connectivity index (χ1) is 5.16. The Kier molecular flexibility index (Phi) is 5.01. The lowest BCUT2D eigenvalue weighted by Gasteiger charge is -2.06. The van der Waals surface area contributed by atoms with E-state index in [1.807, 2.05) is 13.8 Å². The normalized spacial score (nSPS) is 10.7. The zero-order chi connectivity index (χ0) is 8.69. The van der Waals surface area contributed by atoms with Crippen molar-refractivity contribution in [3.63, 3.8) is 0 Å². The van der Waals surface area contributed by atoms with Crippen LogP contribution in [-0.4, -0.2) is 18.5 Å². The van der Waals surface area contributed by atoms with Crippen molar-refractivity contribution in [2.45, 2.75) is 26.8 Å². The summed E-state index contributed by atoms with van der Waals surface area (Å²) >= 11 is 0. The van der Waals surface area contributed by atoms with Crippen molar-refractivity contribution in [2.75, 3.05) is 6.54 Å². The van der Waals surface area contributed by atoms with E-state index in [1.165, 1.54) is 0 Å². The standard InChI is InChI=1S/C8H15N3/c1-4-5-6-10-8(9)11-7(2)3/h7H,6H2,1-3H3,(H3,9,10,11). The van der Waals surface area contributed by atoms with Gasteiger partial charge < -0.3 is 11.1 Å². The summed E-state index contributed by atoms with van der Waals surface area (Å²) in [5, 5.41) is 2.96. The van der Waals surface area contributed by atoms with Crippen LogP contribution in [0.3, 0.4) is 0 Å². The van der Waals surface area contributed by atoms with Crippen LogP contribution in [0.4, 0.5) is 0 Å². The third-order valence-electron chi connectivity index (χ3n) is 0.942. The van der Waals surface area contributed by atoms with Gasteiger partial charge in [-0.05, 0) is 20.8 Å². The van der Waals surface area contributed by atoms with Gasteiger partial charge in [0.25, 0.3) is 0 Å². The molecule has 3 N–H and O–H groups in total. The monoisotopic (exact) mass is 153 g/mol. The molecule has 0 saturated carbocycles. The maximum absolute atomic E-state index is 5.49. The topological polar surface area (TPSA) is 50.4 Å². The minimum Gasteiger partial charge on any atom is -0.370 e. The van der Waals surface area contributed by atoms with E-state index in [0.29, 0.717) is 18.5 Å². The van der Waals surface area contributed by atoms with Gasteiger partial charge in [0, 0.05) is 6.04 Å². The zero-order valence-electron chi connectivity index (χ0n) is 7.31. The van der Waals surface area contributed by atoms with Gasteiger partial charge in [-0.3, -0.25) is 0 Å². The number of guanidine groups is 1. The fraction of sp³-hybridized carbons (Fsp3) is 0.625. The summed E-state index contributed by atoms with van der Waals surface area (Å²) < 4.78 is 0. The number of hydrogen-bond acceptors (Lipinski definition) is 1. The maximum Gasteiger partial charge on any atom is 0.189 e. The first-order valence-corrected chi connectivity index (χ1v) is 3.63. The molecule has 0 radical (unpaired) electrons. The van der Waals surface area contributed by atoms with Crippen LogP contribution in [0, 0.1) is 11.8 Å². The molecule has 0 spiro atoms. The minimum atomic E-state index is 0.327. The molecule has 0 aromatic heterocycles. The highest BCUT2D eigenvalue weighted by atomic mass is 15.1. The van der Waals surface area contributed by atoms with E-state index in [9.17, 15) is 0 Å². The van der Waals surface area contributed by atoms with Crippen molar-refractivity contribution in [3.8, 4) is 11.8 Å². The summed E-state index contributed by atoms with van der Waals surface area (Å²) in [6.45, 7) is 6.27. The van der Waals surface area contributed by atoms with Gasteiger partial charge in [0.2, 0.25) is 0 Å². The van der Waals surface area contributed by atoms with Crippen LogP contribution in [-0.2, 0) is 0 Å². The molecule has 3 nitrogen and oxygen atoms in total. The SMILES string of the molecule is CC#CCN=C(N)NC(C)C. The highest BCUT2D eigenvalue weighted by Gasteiger charge is 1.91. The van der Waals surface area contributed by atoms with E-state index in [-0.39, 0.29) is 0 Å². The summed E-state index contributed by atoms with van der Waals surface area (Å²) in [4.78, 5) is 3.96. The lowest BCUT2D eigenvalue weighted by Crippen LogP contribution is -2.36. The quantitative estimate of drug-likeness (QED) is 0.341. The van der Waals surface area contributed by atoms with Gasteiger partial charge in [-0.2, -0.15) is 0 Å². The van der Waals surface area contributed by atoms with Crippen molar-refractivity contribution >= 4 is 5.96 Å². The Labute approximate surface area is 68.1 Å². The highest BCUT2D eigenvalue weighted by molar-refractivity contribution is 5.78. The van der Waals surface area contributed by atoms with E-state index in [4.69, 9.17) is 5.73 Å². The Bertz CT molecular complexity index is 183. The molecule has 0 aromatic carbocycles. The molecule has 3 heteroatoms. The van der Waals surface area contributed by atoms with Gasteiger partial charge in [0.1, 0.15) is 6.54 Å². The van der Waals surface area contributed by atoms with Crippen LogP contribution in [0.2, 0.25) is 0 Å². The Hall–Kier alpha value is -1.17. The molecule has 0 atom stereocenters. The number of rotatable bonds is 2. The molecule has 0 bridgehead atoms. The maximum atomic E-state index is 5.49. The predicted octanol–water partition coefficient (Wildman–Crippen LogP) is 0.322. The van der Waals surface area contributed by atoms with Crippen LogP contribution in [0.1, 0.15) is 20.8 Å². The molecule has 0 saturated heterocycles. The van der Waals surface area contributed by atoms with Crippen molar-refractivity contribution in [1.82, 2.24) is 5.32 Å². The van der Waals surface area contributed by atoms with Gasteiger partial charge in [-0.15, -0.1) is 5.92 Å². The van der Waals surface area contributed by atoms with Gasteiger partial charge >= 0.3 is 0 Å². The second kappa shape index (κ2) is 5.60. The van der Waals surface area contributed by atoms with Crippen LogP contribution in [0.15, 0.2) is 4.99 Å². The highest BCUT2D eigenvalue weighted by Crippen LogP contribution is 1.75. The van der Waals surface area contributed by atoms with Crippen LogP contribution < -0.4 is 11.1 Å². The third kappa shape index (κ3) is 6.72. The van der Waals surface area contributed by atoms with Crippen LogP contribution in [0.5, 0.6) is 0 Å². The van der Waals surface area contributed by atoms with Crippen LogP contribution in [0.25, 0.3) is 0 Å². The minimum absolute atomic E-state index is 0.327. The van der Waals surface area contributed by atoms with Crippen molar-refractivity contribution < 1.29 is 0 Å². The van der Waals surface area contributed by atoms with Gasteiger partial charge in [0.05, 0.1) is 0 Å². The van der Waals surface area contributed by atoms with Gasteiger partial charge in [0.15, 0.2) is 5.96 Å². The number of hydrogen-bond donors (Lipinski definition) is 2. The Morgan fingerprint density at radius 3 is 2.73 bits per heavy atom. The molecule has 0 aromatic rings. The molecule has 0 aliphatic heterocycles. The summed E-state index contributed by atoms with van der Waals surface area (Å²) in [6.07, 6.45) is 0. The fourth-order valence-corrected chi connectivity index (χ4v) is 0.545. The predicted molar refractivity (Wildman–Crippen MR) is 48.2 cm³/mol. The number of nitrogens with one attached hydrogen (secondary N) is 1. The molecule has 0 rings (SSSR count). The lowest BCUT2D eigenvalue weighted by molar-refractivity contribution is 0.726. The Morgan fingerprint density at radius 2 is 2.27 bits per heavy atom. The third-order valence-corrected chi connectivity index (χ3v) is 0.942. The van der Waals surface area contributed by atoms with E-state index in [0.717, 1.165) is 0 Å². The molecule has 0 unspecified atom stereocenters. The van der Waals surface area contributed by atoms with Crippen LogP contribution >= 0.6 is 0 Å². The second-order valence-corrected chi connectivity index (χ2v) is 2.43. The molecular weight excluding hydrogens is 138 g/mol. The molecule has 0 heterocycles. The Morgan fingerprint density at radius 1 is 1.64 bits per heavy atom. The van der Waals surface area contributed by atoms with Gasteiger partial charge in [-0.1, -0.05) is 5.92 Å². The molecule has 0 amide bonds. The average Bonchev–Trinajstić information content (AvgIpc) is 1.86. The van der Waals surface area contributed by atoms with Crippen molar-refractivity contribution in [1.29, 1.82) is 0 Å². The number of nitrogens with zero attached hydrogens (tertiary/aromatic N) is 1. The van der Waals surface area contributed by atoms with E-state index >= 15 is 0 Å². The average molecular weight is 153 g/mol. The number of aliphatic imine (C=N–C) groups is 1. The van der Waals surface area contributed by atoms with Gasteiger partial charge in [-0.25, -0.2) is 4.99 Å².